The maximum atomic E-state index is 13.3. The molecule has 1 aromatic carbocycles. The molecule has 0 radical (unpaired) electrons. The van der Waals surface area contributed by atoms with E-state index in [-0.39, 0.29) is 34.6 Å². The lowest BCUT2D eigenvalue weighted by molar-refractivity contribution is -0.148. The number of nitrogens with two attached hydrogens (primary N) is 1. The third-order valence-electron chi connectivity index (χ3n) is 7.92. The lowest BCUT2D eigenvalue weighted by Gasteiger charge is -2.59. The van der Waals surface area contributed by atoms with Crippen LogP contribution >= 0.6 is 0 Å². The fourth-order valence-electron chi connectivity index (χ4n) is 6.92. The SMILES string of the molecule is Cc1cc(C)c(S(=O)(=O)NC(C)(C)C(=O)NC2C3CC4CC2CC(C(N)=O)(C4)C3)c(C)c1. The fourth-order valence-corrected chi connectivity index (χ4v) is 8.75. The average Bonchev–Trinajstić information content (AvgIpc) is 2.61. The highest BCUT2D eigenvalue weighted by Gasteiger charge is 2.58. The van der Waals surface area contributed by atoms with Crippen molar-refractivity contribution in [3.8, 4) is 0 Å². The molecule has 176 valence electrons. The Morgan fingerprint density at radius 2 is 1.56 bits per heavy atom. The molecule has 4 aliphatic rings. The number of primary amides is 1. The molecule has 2 atom stereocenters. The van der Waals surface area contributed by atoms with Gasteiger partial charge in [0, 0.05) is 11.5 Å². The van der Waals surface area contributed by atoms with Crippen molar-refractivity contribution in [2.75, 3.05) is 0 Å². The van der Waals surface area contributed by atoms with E-state index in [1.807, 2.05) is 19.1 Å². The second-order valence-electron chi connectivity index (χ2n) is 11.1. The molecule has 0 aromatic heterocycles. The Bertz CT molecular complexity index is 1040. The molecule has 4 saturated carbocycles. The quantitative estimate of drug-likeness (QED) is 0.603. The zero-order chi connectivity index (χ0) is 23.6. The maximum Gasteiger partial charge on any atom is 0.242 e. The second kappa shape index (κ2) is 7.55. The Hall–Kier alpha value is -1.93. The molecule has 0 heterocycles. The van der Waals surface area contributed by atoms with E-state index in [1.54, 1.807) is 27.7 Å². The van der Waals surface area contributed by atoms with Crippen LogP contribution in [0.1, 0.15) is 62.6 Å². The van der Waals surface area contributed by atoms with Crippen LogP contribution in [0.2, 0.25) is 0 Å². The minimum Gasteiger partial charge on any atom is -0.369 e. The van der Waals surface area contributed by atoms with E-state index in [1.165, 1.54) is 0 Å². The summed E-state index contributed by atoms with van der Waals surface area (Å²) in [5.74, 6) is 0.373. The van der Waals surface area contributed by atoms with E-state index in [0.717, 1.165) is 24.8 Å². The predicted molar refractivity (Wildman–Crippen MR) is 122 cm³/mol. The molecule has 8 heteroatoms. The van der Waals surface area contributed by atoms with Crippen LogP contribution in [0.4, 0.5) is 0 Å². The third kappa shape index (κ3) is 3.85. The summed E-state index contributed by atoms with van der Waals surface area (Å²) in [4.78, 5) is 25.7. The first-order valence-electron chi connectivity index (χ1n) is 11.5. The van der Waals surface area contributed by atoms with Crippen LogP contribution in [0.25, 0.3) is 0 Å². The number of hydrogen-bond donors (Lipinski definition) is 3. The summed E-state index contributed by atoms with van der Waals surface area (Å²) in [7, 11) is -3.90. The molecular weight excluding hydrogens is 426 g/mol. The molecule has 32 heavy (non-hydrogen) atoms. The monoisotopic (exact) mass is 461 g/mol. The van der Waals surface area contributed by atoms with Crippen LogP contribution in [0.3, 0.4) is 0 Å². The van der Waals surface area contributed by atoms with Gasteiger partial charge in [-0.2, -0.15) is 4.72 Å². The average molecular weight is 462 g/mol. The number of sulfonamides is 1. The summed E-state index contributed by atoms with van der Waals surface area (Å²) in [5, 5.41) is 3.15. The van der Waals surface area contributed by atoms with Gasteiger partial charge in [0.2, 0.25) is 21.8 Å². The summed E-state index contributed by atoms with van der Waals surface area (Å²) >= 11 is 0. The first-order valence-corrected chi connectivity index (χ1v) is 13.0. The van der Waals surface area contributed by atoms with Gasteiger partial charge >= 0.3 is 0 Å². The molecule has 0 saturated heterocycles. The summed E-state index contributed by atoms with van der Waals surface area (Å²) < 4.78 is 29.1. The van der Waals surface area contributed by atoms with Gasteiger partial charge in [0.05, 0.1) is 4.90 Å². The van der Waals surface area contributed by atoms with Gasteiger partial charge in [0.15, 0.2) is 0 Å². The number of amides is 2. The highest BCUT2D eigenvalue weighted by atomic mass is 32.2. The summed E-state index contributed by atoms with van der Waals surface area (Å²) in [6.07, 6.45) is 4.29. The van der Waals surface area contributed by atoms with Crippen molar-refractivity contribution in [3.05, 3.63) is 28.8 Å². The van der Waals surface area contributed by atoms with Crippen molar-refractivity contribution < 1.29 is 18.0 Å². The number of hydrogen-bond acceptors (Lipinski definition) is 4. The Kier molecular flexibility index (Phi) is 5.48. The van der Waals surface area contributed by atoms with E-state index >= 15 is 0 Å². The molecule has 0 aliphatic heterocycles. The van der Waals surface area contributed by atoms with E-state index in [4.69, 9.17) is 5.73 Å². The lowest BCUT2D eigenvalue weighted by atomic mass is 9.47. The minimum atomic E-state index is -3.90. The number of nitrogens with one attached hydrogen (secondary N) is 2. The van der Waals surface area contributed by atoms with Gasteiger partial charge in [-0.15, -0.1) is 0 Å². The van der Waals surface area contributed by atoms with Gasteiger partial charge in [-0.3, -0.25) is 9.59 Å². The van der Waals surface area contributed by atoms with Crippen molar-refractivity contribution in [1.82, 2.24) is 10.0 Å². The highest BCUT2D eigenvalue weighted by molar-refractivity contribution is 7.89. The predicted octanol–water partition coefficient (Wildman–Crippen LogP) is 2.47. The van der Waals surface area contributed by atoms with E-state index in [0.29, 0.717) is 29.9 Å². The van der Waals surface area contributed by atoms with Crippen LogP contribution in [-0.4, -0.2) is 31.8 Å². The number of carbonyl (C=O) groups excluding carboxylic acids is 2. The topological polar surface area (TPSA) is 118 Å². The standard InChI is InChI=1S/C24H35N3O4S/c1-13-6-14(2)20(15(3)7-13)32(30,31)27-23(4,5)22(29)26-19-17-8-16-9-18(19)12-24(10-16,11-17)21(25)28/h6-7,16-19,27H,8-12H2,1-5H3,(H2,25,28)(H,26,29). The van der Waals surface area contributed by atoms with E-state index in [2.05, 4.69) is 10.0 Å². The Morgan fingerprint density at radius 1 is 1.03 bits per heavy atom. The van der Waals surface area contributed by atoms with Gasteiger partial charge in [0.1, 0.15) is 5.54 Å². The van der Waals surface area contributed by atoms with Crippen LogP contribution < -0.4 is 15.8 Å². The zero-order valence-electron chi connectivity index (χ0n) is 19.6. The second-order valence-corrected chi connectivity index (χ2v) is 12.7. The molecule has 0 spiro atoms. The van der Waals surface area contributed by atoms with Crippen molar-refractivity contribution in [1.29, 1.82) is 0 Å². The summed E-state index contributed by atoms with van der Waals surface area (Å²) in [6, 6.07) is 3.62. The van der Waals surface area contributed by atoms with Crippen LogP contribution in [0, 0.1) is 43.9 Å². The van der Waals surface area contributed by atoms with E-state index < -0.39 is 21.0 Å². The molecule has 4 aliphatic carbocycles. The van der Waals surface area contributed by atoms with Gasteiger partial charge in [0.25, 0.3) is 0 Å². The zero-order valence-corrected chi connectivity index (χ0v) is 20.4. The molecule has 7 nitrogen and oxygen atoms in total. The number of aryl methyl sites for hydroxylation is 3. The van der Waals surface area contributed by atoms with Crippen LogP contribution in [0.15, 0.2) is 17.0 Å². The summed E-state index contributed by atoms with van der Waals surface area (Å²) in [6.45, 7) is 8.66. The van der Waals surface area contributed by atoms with E-state index in [9.17, 15) is 18.0 Å². The molecule has 4 N–H and O–H groups in total. The molecule has 1 aromatic rings. The molecule has 2 unspecified atom stereocenters. The van der Waals surface area contributed by atoms with Crippen molar-refractivity contribution in [3.63, 3.8) is 0 Å². The van der Waals surface area contributed by atoms with Gasteiger partial charge < -0.3 is 11.1 Å². The molecule has 2 amide bonds. The number of carbonyl (C=O) groups is 2. The lowest BCUT2D eigenvalue weighted by Crippen LogP contribution is -2.65. The Labute approximate surface area is 191 Å². The van der Waals surface area contributed by atoms with Crippen molar-refractivity contribution in [2.24, 2.45) is 28.9 Å². The van der Waals surface area contributed by atoms with Gasteiger partial charge in [-0.1, -0.05) is 17.7 Å². The van der Waals surface area contributed by atoms with Crippen molar-refractivity contribution >= 4 is 21.8 Å². The molecule has 4 fully saturated rings. The van der Waals surface area contributed by atoms with Crippen LogP contribution in [0.5, 0.6) is 0 Å². The number of rotatable bonds is 6. The summed E-state index contributed by atoms with van der Waals surface area (Å²) in [5.41, 5.74) is 6.33. The maximum absolute atomic E-state index is 13.3. The largest absolute Gasteiger partial charge is 0.369 e. The third-order valence-corrected chi connectivity index (χ3v) is 9.88. The molecule has 4 bridgehead atoms. The normalized spacial score (nSPS) is 31.5. The highest BCUT2D eigenvalue weighted by Crippen LogP contribution is 2.59. The van der Waals surface area contributed by atoms with Crippen molar-refractivity contribution in [2.45, 2.75) is 83.2 Å². The number of benzene rings is 1. The Balaban J connectivity index is 1.51. The molecule has 5 rings (SSSR count). The van der Waals surface area contributed by atoms with Crippen LogP contribution in [-0.2, 0) is 19.6 Å². The minimum absolute atomic E-state index is 0.0434. The first kappa shape index (κ1) is 23.2. The fraction of sp³-hybridized carbons (Fsp3) is 0.667. The van der Waals surface area contributed by atoms with Gasteiger partial charge in [-0.25, -0.2) is 8.42 Å². The first-order chi connectivity index (χ1) is 14.7. The Morgan fingerprint density at radius 3 is 2.06 bits per heavy atom. The molecular formula is C24H35N3O4S. The van der Waals surface area contributed by atoms with Gasteiger partial charge in [-0.05, 0) is 95.6 Å². The smallest absolute Gasteiger partial charge is 0.242 e.